The van der Waals surface area contributed by atoms with Crippen molar-refractivity contribution in [2.45, 2.75) is 46.1 Å². The summed E-state index contributed by atoms with van der Waals surface area (Å²) in [5, 5.41) is 0. The number of hydrogen-bond acceptors (Lipinski definition) is 1. The van der Waals surface area contributed by atoms with Gasteiger partial charge in [0.25, 0.3) is 0 Å². The third kappa shape index (κ3) is 3.43. The second kappa shape index (κ2) is 5.97. The summed E-state index contributed by atoms with van der Waals surface area (Å²) >= 11 is 5.69. The number of hydrogen-bond donors (Lipinski definition) is 0. The van der Waals surface area contributed by atoms with E-state index in [0.717, 1.165) is 30.2 Å². The molecule has 0 aliphatic carbocycles. The second-order valence-electron chi connectivity index (χ2n) is 4.95. The molecular formula is C12H24ClN. The number of rotatable bonds is 4. The second-order valence-corrected chi connectivity index (χ2v) is 5.33. The van der Waals surface area contributed by atoms with E-state index in [1.165, 1.54) is 25.9 Å². The molecule has 0 aromatic carbocycles. The minimum atomic E-state index is 0.765. The van der Waals surface area contributed by atoms with Crippen molar-refractivity contribution in [3.63, 3.8) is 0 Å². The molecule has 0 aromatic heterocycles. The smallest absolute Gasteiger partial charge is 0.0223 e. The van der Waals surface area contributed by atoms with Crippen LogP contribution in [0.15, 0.2) is 0 Å². The highest BCUT2D eigenvalue weighted by Crippen LogP contribution is 2.26. The third-order valence-electron chi connectivity index (χ3n) is 3.55. The zero-order valence-electron chi connectivity index (χ0n) is 9.80. The van der Waals surface area contributed by atoms with Gasteiger partial charge in [-0.05, 0) is 44.6 Å². The van der Waals surface area contributed by atoms with E-state index in [-0.39, 0.29) is 0 Å². The summed E-state index contributed by atoms with van der Waals surface area (Å²) in [6.45, 7) is 9.65. The predicted molar refractivity (Wildman–Crippen MR) is 63.9 cm³/mol. The number of piperidine rings is 1. The molecule has 1 aliphatic heterocycles. The minimum absolute atomic E-state index is 0.765. The van der Waals surface area contributed by atoms with Crippen molar-refractivity contribution in [2.75, 3.05) is 19.0 Å². The molecule has 2 heteroatoms. The van der Waals surface area contributed by atoms with Gasteiger partial charge >= 0.3 is 0 Å². The summed E-state index contributed by atoms with van der Waals surface area (Å²) in [4.78, 5) is 2.64. The molecule has 1 nitrogen and oxygen atoms in total. The van der Waals surface area contributed by atoms with E-state index in [1.54, 1.807) is 0 Å². The van der Waals surface area contributed by atoms with Crippen LogP contribution in [-0.2, 0) is 0 Å². The zero-order valence-corrected chi connectivity index (χ0v) is 10.6. The van der Waals surface area contributed by atoms with Gasteiger partial charge in [-0.1, -0.05) is 13.8 Å². The summed E-state index contributed by atoms with van der Waals surface area (Å²) < 4.78 is 0. The Morgan fingerprint density at radius 3 is 2.57 bits per heavy atom. The van der Waals surface area contributed by atoms with Gasteiger partial charge in [-0.3, -0.25) is 0 Å². The molecule has 1 aliphatic rings. The molecule has 0 N–H and O–H groups in total. The Hall–Kier alpha value is 0.250. The zero-order chi connectivity index (χ0) is 10.6. The van der Waals surface area contributed by atoms with Gasteiger partial charge in [0.1, 0.15) is 0 Å². The normalized spacial score (nSPS) is 34.7. The monoisotopic (exact) mass is 217 g/mol. The Morgan fingerprint density at radius 2 is 1.93 bits per heavy atom. The highest BCUT2D eigenvalue weighted by Gasteiger charge is 2.27. The van der Waals surface area contributed by atoms with Gasteiger partial charge < -0.3 is 4.90 Å². The number of unbranched alkanes of at least 4 members (excludes halogenated alkanes) is 1. The number of alkyl halides is 1. The van der Waals surface area contributed by atoms with Crippen molar-refractivity contribution < 1.29 is 0 Å². The van der Waals surface area contributed by atoms with Gasteiger partial charge in [0.15, 0.2) is 0 Å². The molecule has 0 spiro atoms. The van der Waals surface area contributed by atoms with Crippen LogP contribution in [0.4, 0.5) is 0 Å². The van der Waals surface area contributed by atoms with E-state index in [0.29, 0.717) is 0 Å². The molecule has 1 rings (SSSR count). The molecule has 3 unspecified atom stereocenters. The van der Waals surface area contributed by atoms with Gasteiger partial charge in [-0.25, -0.2) is 0 Å². The van der Waals surface area contributed by atoms with Crippen molar-refractivity contribution in [1.29, 1.82) is 0 Å². The molecule has 14 heavy (non-hydrogen) atoms. The van der Waals surface area contributed by atoms with Gasteiger partial charge in [0.2, 0.25) is 0 Å². The first-order valence-electron chi connectivity index (χ1n) is 5.95. The van der Waals surface area contributed by atoms with Crippen molar-refractivity contribution in [3.05, 3.63) is 0 Å². The lowest BCUT2D eigenvalue weighted by Gasteiger charge is -2.41. The quantitative estimate of drug-likeness (QED) is 0.516. The van der Waals surface area contributed by atoms with Crippen LogP contribution in [0.3, 0.4) is 0 Å². The van der Waals surface area contributed by atoms with Gasteiger partial charge in [-0.2, -0.15) is 0 Å². The maximum Gasteiger partial charge on any atom is 0.0223 e. The Balaban J connectivity index is 2.33. The Bertz CT molecular complexity index is 160. The van der Waals surface area contributed by atoms with Crippen molar-refractivity contribution in [1.82, 2.24) is 4.90 Å². The molecule has 84 valence electrons. The average Bonchev–Trinajstić information content (AvgIpc) is 2.13. The first-order valence-corrected chi connectivity index (χ1v) is 6.48. The van der Waals surface area contributed by atoms with Crippen molar-refractivity contribution >= 4 is 11.6 Å². The topological polar surface area (TPSA) is 3.24 Å². The van der Waals surface area contributed by atoms with Crippen molar-refractivity contribution in [3.8, 4) is 0 Å². The highest BCUT2D eigenvalue weighted by atomic mass is 35.5. The lowest BCUT2D eigenvalue weighted by molar-refractivity contribution is 0.0786. The largest absolute Gasteiger partial charge is 0.300 e. The minimum Gasteiger partial charge on any atom is -0.300 e. The van der Waals surface area contributed by atoms with E-state index < -0.39 is 0 Å². The van der Waals surface area contributed by atoms with E-state index >= 15 is 0 Å². The molecular weight excluding hydrogens is 194 g/mol. The van der Waals surface area contributed by atoms with E-state index in [9.17, 15) is 0 Å². The van der Waals surface area contributed by atoms with Crippen LogP contribution in [0, 0.1) is 11.8 Å². The summed E-state index contributed by atoms with van der Waals surface area (Å²) in [5.74, 6) is 2.54. The molecule has 0 aromatic rings. The van der Waals surface area contributed by atoms with Crippen LogP contribution in [-0.4, -0.2) is 29.9 Å². The Morgan fingerprint density at radius 1 is 1.21 bits per heavy atom. The summed E-state index contributed by atoms with van der Waals surface area (Å²) in [5.41, 5.74) is 0. The van der Waals surface area contributed by atoms with Crippen LogP contribution in [0.5, 0.6) is 0 Å². The van der Waals surface area contributed by atoms with Crippen LogP contribution >= 0.6 is 11.6 Å². The van der Waals surface area contributed by atoms with Crippen LogP contribution < -0.4 is 0 Å². The van der Waals surface area contributed by atoms with Crippen LogP contribution in [0.2, 0.25) is 0 Å². The van der Waals surface area contributed by atoms with Gasteiger partial charge in [0.05, 0.1) is 0 Å². The predicted octanol–water partition coefficient (Wildman–Crippen LogP) is 3.37. The first kappa shape index (κ1) is 12.3. The third-order valence-corrected chi connectivity index (χ3v) is 3.82. The first-order chi connectivity index (χ1) is 6.65. The summed E-state index contributed by atoms with van der Waals surface area (Å²) in [6.07, 6.45) is 3.81. The summed E-state index contributed by atoms with van der Waals surface area (Å²) in [7, 11) is 0. The molecule has 0 amide bonds. The SMILES string of the molecule is CC1CC(C)C(C)N(CCCCCl)C1. The molecule has 0 saturated carbocycles. The fourth-order valence-corrected chi connectivity index (χ4v) is 2.73. The van der Waals surface area contributed by atoms with Gasteiger partial charge in [-0.15, -0.1) is 11.6 Å². The van der Waals surface area contributed by atoms with E-state index in [4.69, 9.17) is 11.6 Å². The van der Waals surface area contributed by atoms with Crippen LogP contribution in [0.25, 0.3) is 0 Å². The van der Waals surface area contributed by atoms with E-state index in [2.05, 4.69) is 25.7 Å². The maximum atomic E-state index is 5.69. The lowest BCUT2D eigenvalue weighted by atomic mass is 9.86. The molecule has 1 heterocycles. The maximum absolute atomic E-state index is 5.69. The number of likely N-dealkylation sites (tertiary alicyclic amines) is 1. The number of nitrogens with zero attached hydrogens (tertiary/aromatic N) is 1. The van der Waals surface area contributed by atoms with Gasteiger partial charge in [0, 0.05) is 18.5 Å². The average molecular weight is 218 g/mol. The summed E-state index contributed by atoms with van der Waals surface area (Å²) in [6, 6.07) is 0.765. The highest BCUT2D eigenvalue weighted by molar-refractivity contribution is 6.17. The Kier molecular flexibility index (Phi) is 5.25. The fraction of sp³-hybridized carbons (Fsp3) is 1.00. The van der Waals surface area contributed by atoms with E-state index in [1.807, 2.05) is 0 Å². The fourth-order valence-electron chi connectivity index (χ4n) is 2.54. The molecule has 1 saturated heterocycles. The molecule has 3 atom stereocenters. The standard InChI is InChI=1S/C12H24ClN/c1-10-8-11(2)12(3)14(9-10)7-5-4-6-13/h10-12H,4-9H2,1-3H3. The number of halogens is 1. The van der Waals surface area contributed by atoms with Crippen molar-refractivity contribution in [2.24, 2.45) is 11.8 Å². The van der Waals surface area contributed by atoms with Crippen LogP contribution in [0.1, 0.15) is 40.0 Å². The lowest BCUT2D eigenvalue weighted by Crippen LogP contribution is -2.46. The molecule has 0 radical (unpaired) electrons. The molecule has 0 bridgehead atoms. The Labute approximate surface area is 93.8 Å². The molecule has 1 fully saturated rings.